The fourth-order valence-electron chi connectivity index (χ4n) is 2.98. The summed E-state index contributed by atoms with van der Waals surface area (Å²) < 4.78 is 16.5. The quantitative estimate of drug-likeness (QED) is 0.580. The van der Waals surface area contributed by atoms with Gasteiger partial charge in [0.2, 0.25) is 5.91 Å². The van der Waals surface area contributed by atoms with Crippen LogP contribution in [0.3, 0.4) is 0 Å². The highest BCUT2D eigenvalue weighted by molar-refractivity contribution is 7.08. The number of amides is 1. The van der Waals surface area contributed by atoms with Crippen LogP contribution in [-0.4, -0.2) is 53.9 Å². The van der Waals surface area contributed by atoms with Crippen molar-refractivity contribution in [1.82, 2.24) is 15.0 Å². The van der Waals surface area contributed by atoms with Crippen molar-refractivity contribution in [1.29, 1.82) is 0 Å². The Kier molecular flexibility index (Phi) is 5.68. The number of thiophene rings is 1. The number of rotatable bonds is 8. The second kappa shape index (κ2) is 8.53. The minimum absolute atomic E-state index is 0.0385. The first kappa shape index (κ1) is 18.6. The number of carbonyl (C=O) groups excluding carboxylic acids is 1. The molecule has 2 aromatic heterocycles. The maximum atomic E-state index is 12.3. The summed E-state index contributed by atoms with van der Waals surface area (Å²) in [5, 5.41) is 7.97. The molecule has 0 N–H and O–H groups in total. The molecule has 0 spiro atoms. The van der Waals surface area contributed by atoms with Crippen LogP contribution in [0.25, 0.3) is 11.5 Å². The molecule has 3 heterocycles. The third-order valence-electron chi connectivity index (χ3n) is 4.55. The van der Waals surface area contributed by atoms with Gasteiger partial charge in [-0.25, -0.2) is 0 Å². The molecule has 0 radical (unpaired) electrons. The SMILES string of the molecule is COCCc1noc(-c2ccccc2OC2CN(C(=O)Cc3ccsc3)C2)n1. The predicted molar refractivity (Wildman–Crippen MR) is 104 cm³/mol. The minimum Gasteiger partial charge on any atom is -0.486 e. The predicted octanol–water partition coefficient (Wildman–Crippen LogP) is 2.82. The molecule has 1 aliphatic rings. The van der Waals surface area contributed by atoms with Gasteiger partial charge in [-0.15, -0.1) is 0 Å². The molecule has 0 unspecified atom stereocenters. The summed E-state index contributed by atoms with van der Waals surface area (Å²) in [4.78, 5) is 18.5. The normalized spacial score (nSPS) is 14.1. The van der Waals surface area contributed by atoms with Crippen molar-refractivity contribution in [2.45, 2.75) is 18.9 Å². The molecular formula is C20H21N3O4S. The topological polar surface area (TPSA) is 77.7 Å². The van der Waals surface area contributed by atoms with Gasteiger partial charge in [-0.05, 0) is 34.5 Å². The summed E-state index contributed by atoms with van der Waals surface area (Å²) in [6.45, 7) is 1.70. The fourth-order valence-corrected chi connectivity index (χ4v) is 3.65. The summed E-state index contributed by atoms with van der Waals surface area (Å²) >= 11 is 1.60. The Morgan fingerprint density at radius 1 is 1.32 bits per heavy atom. The highest BCUT2D eigenvalue weighted by Crippen LogP contribution is 2.30. The molecule has 28 heavy (non-hydrogen) atoms. The first-order chi connectivity index (χ1) is 13.7. The standard InChI is InChI=1S/C20H21N3O4S/c1-25-8-6-18-21-20(27-22-18)16-4-2-3-5-17(16)26-15-11-23(12-15)19(24)10-14-7-9-28-13-14/h2-5,7,9,13,15H,6,8,10-12H2,1H3. The summed E-state index contributed by atoms with van der Waals surface area (Å²) in [7, 11) is 1.64. The largest absolute Gasteiger partial charge is 0.486 e. The van der Waals surface area contributed by atoms with E-state index >= 15 is 0 Å². The number of hydrogen-bond donors (Lipinski definition) is 0. The molecule has 0 aliphatic carbocycles. The number of methoxy groups -OCH3 is 1. The molecule has 0 bridgehead atoms. The van der Waals surface area contributed by atoms with Crippen molar-refractivity contribution in [2.24, 2.45) is 0 Å². The van der Waals surface area contributed by atoms with E-state index in [1.54, 1.807) is 18.4 Å². The van der Waals surface area contributed by atoms with Gasteiger partial charge in [0.15, 0.2) is 5.82 Å². The zero-order valence-electron chi connectivity index (χ0n) is 15.5. The van der Waals surface area contributed by atoms with Crippen LogP contribution in [0.2, 0.25) is 0 Å². The van der Waals surface area contributed by atoms with Gasteiger partial charge >= 0.3 is 0 Å². The van der Waals surface area contributed by atoms with E-state index in [2.05, 4.69) is 10.1 Å². The molecule has 0 saturated carbocycles. The van der Waals surface area contributed by atoms with Crippen LogP contribution >= 0.6 is 11.3 Å². The van der Waals surface area contributed by atoms with E-state index in [1.165, 1.54) is 0 Å². The van der Waals surface area contributed by atoms with Crippen molar-refractivity contribution < 1.29 is 18.8 Å². The van der Waals surface area contributed by atoms with Gasteiger partial charge in [0.1, 0.15) is 11.9 Å². The Morgan fingerprint density at radius 2 is 2.18 bits per heavy atom. The van der Waals surface area contributed by atoms with E-state index in [-0.39, 0.29) is 12.0 Å². The fraction of sp³-hybridized carbons (Fsp3) is 0.350. The smallest absolute Gasteiger partial charge is 0.261 e. The van der Waals surface area contributed by atoms with Crippen LogP contribution in [0, 0.1) is 0 Å². The molecule has 1 saturated heterocycles. The Bertz CT molecular complexity index is 919. The average molecular weight is 399 g/mol. The van der Waals surface area contributed by atoms with Crippen molar-refractivity contribution in [3.05, 3.63) is 52.5 Å². The molecule has 1 fully saturated rings. The summed E-state index contributed by atoms with van der Waals surface area (Å²) in [5.41, 5.74) is 1.81. The number of aromatic nitrogens is 2. The van der Waals surface area contributed by atoms with Crippen molar-refractivity contribution in [3.8, 4) is 17.2 Å². The third-order valence-corrected chi connectivity index (χ3v) is 5.28. The molecule has 3 aromatic rings. The van der Waals surface area contributed by atoms with Crippen LogP contribution in [-0.2, 0) is 22.4 Å². The van der Waals surface area contributed by atoms with Crippen molar-refractivity contribution in [3.63, 3.8) is 0 Å². The number of carbonyl (C=O) groups is 1. The van der Waals surface area contributed by atoms with Gasteiger partial charge in [-0.1, -0.05) is 17.3 Å². The Hall–Kier alpha value is -2.71. The molecule has 1 amide bonds. The second-order valence-corrected chi connectivity index (χ2v) is 7.38. The van der Waals surface area contributed by atoms with E-state index in [0.29, 0.717) is 50.0 Å². The van der Waals surface area contributed by atoms with Crippen molar-refractivity contribution in [2.75, 3.05) is 26.8 Å². The maximum Gasteiger partial charge on any atom is 0.261 e. The van der Waals surface area contributed by atoms with Gasteiger partial charge < -0.3 is 18.9 Å². The average Bonchev–Trinajstić information content (AvgIpc) is 3.34. The van der Waals surface area contributed by atoms with Crippen LogP contribution in [0.5, 0.6) is 5.75 Å². The molecule has 8 heteroatoms. The van der Waals surface area contributed by atoms with E-state index in [0.717, 1.165) is 11.1 Å². The van der Waals surface area contributed by atoms with Gasteiger partial charge in [0.25, 0.3) is 5.89 Å². The lowest BCUT2D eigenvalue weighted by Crippen LogP contribution is -2.56. The molecule has 1 aromatic carbocycles. The van der Waals surface area contributed by atoms with E-state index in [9.17, 15) is 4.79 Å². The van der Waals surface area contributed by atoms with Gasteiger partial charge in [-0.3, -0.25) is 4.79 Å². The Labute approximate surface area is 166 Å². The van der Waals surface area contributed by atoms with Crippen molar-refractivity contribution >= 4 is 17.2 Å². The lowest BCUT2D eigenvalue weighted by molar-refractivity contribution is -0.139. The lowest BCUT2D eigenvalue weighted by atomic mass is 10.1. The third kappa shape index (κ3) is 4.23. The second-order valence-electron chi connectivity index (χ2n) is 6.60. The van der Waals surface area contributed by atoms with Crippen LogP contribution in [0.15, 0.2) is 45.6 Å². The number of nitrogens with zero attached hydrogens (tertiary/aromatic N) is 3. The highest BCUT2D eigenvalue weighted by Gasteiger charge is 2.32. The number of benzene rings is 1. The van der Waals surface area contributed by atoms with E-state index in [4.69, 9.17) is 14.0 Å². The number of ether oxygens (including phenoxy) is 2. The first-order valence-electron chi connectivity index (χ1n) is 9.09. The Balaban J connectivity index is 1.36. The maximum absolute atomic E-state index is 12.3. The molecule has 1 aliphatic heterocycles. The Morgan fingerprint density at radius 3 is 2.96 bits per heavy atom. The highest BCUT2D eigenvalue weighted by atomic mass is 32.1. The summed E-state index contributed by atoms with van der Waals surface area (Å²) in [6.07, 6.45) is 0.995. The number of para-hydroxylation sites is 1. The zero-order valence-corrected chi connectivity index (χ0v) is 16.4. The molecule has 146 valence electrons. The molecule has 0 atom stereocenters. The van der Waals surface area contributed by atoms with Crippen LogP contribution in [0.1, 0.15) is 11.4 Å². The minimum atomic E-state index is -0.0385. The van der Waals surface area contributed by atoms with Crippen LogP contribution in [0.4, 0.5) is 0 Å². The monoisotopic (exact) mass is 399 g/mol. The summed E-state index contributed by atoms with van der Waals surface area (Å²) in [6, 6.07) is 9.56. The molecule has 7 nitrogen and oxygen atoms in total. The molecular weight excluding hydrogens is 378 g/mol. The number of hydrogen-bond acceptors (Lipinski definition) is 7. The van der Waals surface area contributed by atoms with Gasteiger partial charge in [-0.2, -0.15) is 16.3 Å². The zero-order chi connectivity index (χ0) is 19.3. The lowest BCUT2D eigenvalue weighted by Gasteiger charge is -2.39. The number of likely N-dealkylation sites (tertiary alicyclic amines) is 1. The summed E-state index contributed by atoms with van der Waals surface area (Å²) in [5.74, 6) is 1.83. The van der Waals surface area contributed by atoms with E-state index in [1.807, 2.05) is 46.0 Å². The van der Waals surface area contributed by atoms with E-state index < -0.39 is 0 Å². The molecule has 4 rings (SSSR count). The first-order valence-corrected chi connectivity index (χ1v) is 10.0. The van der Waals surface area contributed by atoms with Gasteiger partial charge in [0.05, 0.1) is 31.7 Å². The van der Waals surface area contributed by atoms with Crippen LogP contribution < -0.4 is 4.74 Å². The van der Waals surface area contributed by atoms with Gasteiger partial charge in [0, 0.05) is 13.5 Å².